The molecule has 0 aliphatic heterocycles. The van der Waals surface area contributed by atoms with Crippen molar-refractivity contribution in [2.24, 2.45) is 4.99 Å². The molecule has 0 atom stereocenters. The molecule has 0 bridgehead atoms. The van der Waals surface area contributed by atoms with Gasteiger partial charge in [-0.1, -0.05) is 19.4 Å². The third-order valence-electron chi connectivity index (χ3n) is 1.34. The van der Waals surface area contributed by atoms with Crippen molar-refractivity contribution in [1.82, 2.24) is 0 Å². The average Bonchev–Trinajstić information content (AvgIpc) is 2.05. The van der Waals surface area contributed by atoms with Gasteiger partial charge in [-0.15, -0.1) is 0 Å². The molecule has 0 rings (SSSR count). The number of carbonyl (C=O) groups excluding carboxylic acids is 1. The van der Waals surface area contributed by atoms with Crippen molar-refractivity contribution in [2.45, 2.75) is 33.1 Å². The summed E-state index contributed by atoms with van der Waals surface area (Å²) in [4.78, 5) is 14.2. The molecule has 0 saturated heterocycles. The second-order valence-electron chi connectivity index (χ2n) is 2.29. The van der Waals surface area contributed by atoms with Crippen LogP contribution in [0.2, 0.25) is 0 Å². The first-order valence-electron chi connectivity index (χ1n) is 3.99. The van der Waals surface area contributed by atoms with Crippen LogP contribution in [-0.2, 0) is 4.79 Å². The highest BCUT2D eigenvalue weighted by molar-refractivity contribution is 5.76. The van der Waals surface area contributed by atoms with E-state index in [9.17, 15) is 4.79 Å². The van der Waals surface area contributed by atoms with E-state index in [-0.39, 0.29) is 0 Å². The minimum Gasteiger partial charge on any atom is -0.296 e. The van der Waals surface area contributed by atoms with Crippen molar-refractivity contribution >= 4 is 12.5 Å². The van der Waals surface area contributed by atoms with E-state index in [2.05, 4.69) is 11.9 Å². The van der Waals surface area contributed by atoms with Crippen LogP contribution < -0.4 is 0 Å². The number of allylic oxidation sites excluding steroid dienone is 2. The molecule has 0 aliphatic rings. The molecule has 0 aromatic heterocycles. The normalized spacial score (nSPS) is 12.4. The summed E-state index contributed by atoms with van der Waals surface area (Å²) in [6.45, 7) is 3.94. The summed E-state index contributed by atoms with van der Waals surface area (Å²) < 4.78 is 0. The Morgan fingerprint density at radius 2 is 2.27 bits per heavy atom. The molecular formula is C9H15NO. The fraction of sp³-hybridized carbons (Fsp3) is 0.556. The van der Waals surface area contributed by atoms with Crippen LogP contribution in [0.3, 0.4) is 0 Å². The van der Waals surface area contributed by atoms with E-state index in [0.29, 0.717) is 5.70 Å². The molecular weight excluding hydrogens is 138 g/mol. The predicted octanol–water partition coefficient (Wildman–Crippen LogP) is 2.35. The molecule has 0 heterocycles. The lowest BCUT2D eigenvalue weighted by Gasteiger charge is -1.88. The molecule has 0 aliphatic carbocycles. The molecule has 11 heavy (non-hydrogen) atoms. The Labute approximate surface area is 68.0 Å². The predicted molar refractivity (Wildman–Crippen MR) is 47.8 cm³/mol. The van der Waals surface area contributed by atoms with E-state index in [1.54, 1.807) is 19.2 Å². The first-order chi connectivity index (χ1) is 5.35. The minimum absolute atomic E-state index is 0.515. The largest absolute Gasteiger partial charge is 0.296 e. The van der Waals surface area contributed by atoms with Crippen molar-refractivity contribution in [3.8, 4) is 0 Å². The van der Waals surface area contributed by atoms with Crippen LogP contribution in [-0.4, -0.2) is 12.5 Å². The van der Waals surface area contributed by atoms with Crippen LogP contribution in [0.15, 0.2) is 16.8 Å². The molecule has 0 unspecified atom stereocenters. The van der Waals surface area contributed by atoms with Gasteiger partial charge in [0, 0.05) is 6.21 Å². The van der Waals surface area contributed by atoms with Crippen LogP contribution >= 0.6 is 0 Å². The number of aliphatic imine (C=N–C) groups is 1. The first kappa shape index (κ1) is 10.1. The lowest BCUT2D eigenvalue weighted by molar-refractivity contribution is -0.104. The van der Waals surface area contributed by atoms with Gasteiger partial charge >= 0.3 is 0 Å². The molecule has 2 heteroatoms. The second-order valence-corrected chi connectivity index (χ2v) is 2.29. The van der Waals surface area contributed by atoms with Crippen LogP contribution in [0.5, 0.6) is 0 Å². The quantitative estimate of drug-likeness (QED) is 0.258. The maximum Gasteiger partial charge on any atom is 0.168 e. The van der Waals surface area contributed by atoms with E-state index in [1.807, 2.05) is 0 Å². The number of hydrogen-bond acceptors (Lipinski definition) is 2. The summed E-state index contributed by atoms with van der Waals surface area (Å²) in [6, 6.07) is 0. The smallest absolute Gasteiger partial charge is 0.168 e. The van der Waals surface area contributed by atoms with Crippen molar-refractivity contribution in [3.63, 3.8) is 0 Å². The fourth-order valence-electron chi connectivity index (χ4n) is 0.638. The van der Waals surface area contributed by atoms with Gasteiger partial charge in [0.2, 0.25) is 0 Å². The van der Waals surface area contributed by atoms with Crippen LogP contribution in [0, 0.1) is 0 Å². The third-order valence-corrected chi connectivity index (χ3v) is 1.34. The van der Waals surface area contributed by atoms with Crippen molar-refractivity contribution in [3.05, 3.63) is 11.8 Å². The van der Waals surface area contributed by atoms with E-state index < -0.39 is 0 Å². The van der Waals surface area contributed by atoms with Gasteiger partial charge < -0.3 is 0 Å². The number of carbonyl (C=O) groups is 1. The van der Waals surface area contributed by atoms with Crippen molar-refractivity contribution in [1.29, 1.82) is 0 Å². The number of rotatable bonds is 5. The van der Waals surface area contributed by atoms with E-state index >= 15 is 0 Å². The van der Waals surface area contributed by atoms with Crippen LogP contribution in [0.1, 0.15) is 33.1 Å². The Hall–Kier alpha value is -0.920. The standard InChI is InChI=1S/C9H15NO/c1-3-5-6-7-10-9(4-2)8-11/h4,7-8H,3,5-6H2,1-2H3/b9-4-,10-7?. The van der Waals surface area contributed by atoms with Gasteiger partial charge in [0.05, 0.1) is 5.70 Å². The Morgan fingerprint density at radius 1 is 1.55 bits per heavy atom. The molecule has 0 fully saturated rings. The monoisotopic (exact) mass is 153 g/mol. The van der Waals surface area contributed by atoms with Gasteiger partial charge in [0.25, 0.3) is 0 Å². The van der Waals surface area contributed by atoms with Crippen LogP contribution in [0.4, 0.5) is 0 Å². The lowest BCUT2D eigenvalue weighted by atomic mass is 10.3. The molecule has 0 saturated carbocycles. The van der Waals surface area contributed by atoms with Crippen molar-refractivity contribution < 1.29 is 4.79 Å². The Bertz CT molecular complexity index is 159. The number of hydrogen-bond donors (Lipinski definition) is 0. The van der Waals surface area contributed by atoms with Gasteiger partial charge in [0.1, 0.15) is 0 Å². The molecule has 0 aromatic carbocycles. The average molecular weight is 153 g/mol. The number of aldehydes is 1. The zero-order valence-electron chi connectivity index (χ0n) is 7.21. The summed E-state index contributed by atoms with van der Waals surface area (Å²) in [7, 11) is 0. The van der Waals surface area contributed by atoms with Gasteiger partial charge in [-0.25, -0.2) is 0 Å². The minimum atomic E-state index is 0.515. The molecule has 0 aromatic rings. The maximum atomic E-state index is 10.2. The second kappa shape index (κ2) is 7.19. The maximum absolute atomic E-state index is 10.2. The van der Waals surface area contributed by atoms with Gasteiger partial charge in [-0.3, -0.25) is 9.79 Å². The molecule has 62 valence electrons. The Kier molecular flexibility index (Phi) is 6.59. The molecule has 0 spiro atoms. The summed E-state index contributed by atoms with van der Waals surface area (Å²) >= 11 is 0. The van der Waals surface area contributed by atoms with E-state index in [1.165, 1.54) is 0 Å². The molecule has 0 radical (unpaired) electrons. The van der Waals surface area contributed by atoms with Gasteiger partial charge in [-0.2, -0.15) is 0 Å². The van der Waals surface area contributed by atoms with E-state index in [4.69, 9.17) is 0 Å². The summed E-state index contributed by atoms with van der Waals surface area (Å²) in [5, 5.41) is 0. The highest BCUT2D eigenvalue weighted by Gasteiger charge is 1.84. The molecule has 0 N–H and O–H groups in total. The zero-order valence-corrected chi connectivity index (χ0v) is 7.21. The number of nitrogens with zero attached hydrogens (tertiary/aromatic N) is 1. The lowest BCUT2D eigenvalue weighted by Crippen LogP contribution is -1.81. The summed E-state index contributed by atoms with van der Waals surface area (Å²) in [5.74, 6) is 0. The Balaban J connectivity index is 3.63. The van der Waals surface area contributed by atoms with Gasteiger partial charge in [-0.05, 0) is 19.8 Å². The first-order valence-corrected chi connectivity index (χ1v) is 3.99. The summed E-state index contributed by atoms with van der Waals surface area (Å²) in [5.41, 5.74) is 0.515. The molecule has 2 nitrogen and oxygen atoms in total. The van der Waals surface area contributed by atoms with Crippen molar-refractivity contribution in [2.75, 3.05) is 0 Å². The summed E-state index contributed by atoms with van der Waals surface area (Å²) in [6.07, 6.45) is 7.53. The molecule has 0 amide bonds. The SMILES string of the molecule is C/C=C(/C=O)N=CCCCC. The fourth-order valence-corrected chi connectivity index (χ4v) is 0.638. The van der Waals surface area contributed by atoms with E-state index in [0.717, 1.165) is 25.5 Å². The van der Waals surface area contributed by atoms with Gasteiger partial charge in [0.15, 0.2) is 6.29 Å². The highest BCUT2D eigenvalue weighted by atomic mass is 16.1. The number of unbranched alkanes of at least 4 members (excludes halogenated alkanes) is 2. The van der Waals surface area contributed by atoms with Crippen LogP contribution in [0.25, 0.3) is 0 Å². The Morgan fingerprint density at radius 3 is 2.73 bits per heavy atom. The topological polar surface area (TPSA) is 29.4 Å². The zero-order chi connectivity index (χ0) is 8.53. The highest BCUT2D eigenvalue weighted by Crippen LogP contribution is 1.93. The third kappa shape index (κ3) is 5.52.